The fourth-order valence-electron chi connectivity index (χ4n) is 1.33. The van der Waals surface area contributed by atoms with Crippen molar-refractivity contribution >= 4 is 44.6 Å². The molecule has 0 saturated heterocycles. The highest BCUT2D eigenvalue weighted by atomic mass is 35.5. The van der Waals surface area contributed by atoms with Gasteiger partial charge >= 0.3 is 5.97 Å². The third-order valence-corrected chi connectivity index (χ3v) is 5.30. The van der Waals surface area contributed by atoms with Gasteiger partial charge in [-0.05, 0) is 36.4 Å². The number of hydrogen-bond donors (Lipinski definition) is 2. The summed E-state index contributed by atoms with van der Waals surface area (Å²) in [6, 6.07) is 8.31. The Morgan fingerprint density at radius 2 is 1.79 bits per heavy atom. The van der Waals surface area contributed by atoms with E-state index in [1.165, 1.54) is 36.4 Å². The summed E-state index contributed by atoms with van der Waals surface area (Å²) in [6.07, 6.45) is 0. The Morgan fingerprint density at radius 3 is 2.26 bits per heavy atom. The van der Waals surface area contributed by atoms with Crippen LogP contribution < -0.4 is 4.72 Å². The van der Waals surface area contributed by atoms with Crippen LogP contribution >= 0.6 is 22.9 Å². The number of anilines is 1. The highest BCUT2D eigenvalue weighted by Crippen LogP contribution is 2.27. The Balaban J connectivity index is 2.23. The zero-order valence-corrected chi connectivity index (χ0v) is 11.7. The van der Waals surface area contributed by atoms with Gasteiger partial charge < -0.3 is 5.11 Å². The standard InChI is InChI=1S/C11H8ClNO4S2/c12-9-5-6-10(18-9)19(16,17)13-8-3-1-7(2-4-8)11(14)15/h1-6,13H,(H,14,15). The lowest BCUT2D eigenvalue weighted by Gasteiger charge is -2.06. The summed E-state index contributed by atoms with van der Waals surface area (Å²) in [5.74, 6) is -1.07. The van der Waals surface area contributed by atoms with Crippen LogP contribution in [0.25, 0.3) is 0 Å². The minimum Gasteiger partial charge on any atom is -0.478 e. The normalized spacial score (nSPS) is 11.2. The average molecular weight is 318 g/mol. The molecule has 0 aliphatic heterocycles. The van der Waals surface area contributed by atoms with Gasteiger partial charge in [-0.3, -0.25) is 4.72 Å². The Labute approximate surface area is 118 Å². The van der Waals surface area contributed by atoms with E-state index in [1.807, 2.05) is 0 Å². The Kier molecular flexibility index (Phi) is 3.79. The molecule has 100 valence electrons. The molecule has 0 amide bonds. The second-order valence-corrected chi connectivity index (χ2v) is 7.17. The molecule has 2 N–H and O–H groups in total. The molecule has 0 unspecified atom stereocenters. The van der Waals surface area contributed by atoms with Crippen LogP contribution in [0.5, 0.6) is 0 Å². The van der Waals surface area contributed by atoms with Gasteiger partial charge in [0.2, 0.25) is 0 Å². The van der Waals surface area contributed by atoms with Crippen molar-refractivity contribution < 1.29 is 18.3 Å². The van der Waals surface area contributed by atoms with Gasteiger partial charge in [-0.25, -0.2) is 13.2 Å². The number of sulfonamides is 1. The highest BCUT2D eigenvalue weighted by molar-refractivity contribution is 7.94. The zero-order chi connectivity index (χ0) is 14.0. The van der Waals surface area contributed by atoms with E-state index in [0.29, 0.717) is 4.34 Å². The van der Waals surface area contributed by atoms with Crippen molar-refractivity contribution in [2.24, 2.45) is 0 Å². The van der Waals surface area contributed by atoms with Crippen molar-refractivity contribution in [1.82, 2.24) is 0 Å². The first-order valence-electron chi connectivity index (χ1n) is 5.00. The number of thiophene rings is 1. The molecule has 0 aliphatic carbocycles. The maximum absolute atomic E-state index is 12.0. The SMILES string of the molecule is O=C(O)c1ccc(NS(=O)(=O)c2ccc(Cl)s2)cc1. The van der Waals surface area contributed by atoms with Crippen LogP contribution in [-0.4, -0.2) is 19.5 Å². The smallest absolute Gasteiger partial charge is 0.335 e. The lowest BCUT2D eigenvalue weighted by molar-refractivity contribution is 0.0697. The first-order chi connectivity index (χ1) is 8.88. The Morgan fingerprint density at radius 1 is 1.16 bits per heavy atom. The van der Waals surface area contributed by atoms with Gasteiger partial charge in [0, 0.05) is 5.69 Å². The molecule has 8 heteroatoms. The molecule has 0 saturated carbocycles. The maximum Gasteiger partial charge on any atom is 0.335 e. The lowest BCUT2D eigenvalue weighted by atomic mass is 10.2. The van der Waals surface area contributed by atoms with Crippen molar-refractivity contribution in [3.8, 4) is 0 Å². The van der Waals surface area contributed by atoms with Crippen molar-refractivity contribution in [3.05, 3.63) is 46.3 Å². The van der Waals surface area contributed by atoms with Gasteiger partial charge in [0.1, 0.15) is 4.21 Å². The lowest BCUT2D eigenvalue weighted by Crippen LogP contribution is -2.11. The van der Waals surface area contributed by atoms with E-state index in [1.54, 1.807) is 0 Å². The van der Waals surface area contributed by atoms with Gasteiger partial charge in [-0.2, -0.15) is 0 Å². The zero-order valence-electron chi connectivity index (χ0n) is 9.33. The molecule has 0 spiro atoms. The number of hydrogen-bond acceptors (Lipinski definition) is 4. The van der Waals surface area contributed by atoms with Gasteiger partial charge in [0.15, 0.2) is 0 Å². The number of carboxylic acids is 1. The molecule has 0 bridgehead atoms. The molecule has 1 aromatic heterocycles. The van der Waals surface area contributed by atoms with E-state index < -0.39 is 16.0 Å². The molecule has 2 rings (SSSR count). The quantitative estimate of drug-likeness (QED) is 0.908. The molecule has 0 radical (unpaired) electrons. The van der Waals surface area contributed by atoms with Crippen LogP contribution in [-0.2, 0) is 10.0 Å². The minimum absolute atomic E-state index is 0.0853. The van der Waals surface area contributed by atoms with Crippen molar-refractivity contribution in [2.75, 3.05) is 4.72 Å². The number of aromatic carboxylic acids is 1. The Bertz CT molecular complexity index is 707. The summed E-state index contributed by atoms with van der Waals surface area (Å²) >= 11 is 6.63. The van der Waals surface area contributed by atoms with Crippen molar-refractivity contribution in [2.45, 2.75) is 4.21 Å². The molecule has 2 aromatic rings. The molecular weight excluding hydrogens is 310 g/mol. The first kappa shape index (κ1) is 13.9. The van der Waals surface area contributed by atoms with E-state index in [9.17, 15) is 13.2 Å². The summed E-state index contributed by atoms with van der Waals surface area (Å²) in [5, 5.41) is 8.74. The number of carbonyl (C=O) groups is 1. The first-order valence-corrected chi connectivity index (χ1v) is 7.68. The Hall–Kier alpha value is -1.57. The van der Waals surface area contributed by atoms with E-state index in [4.69, 9.17) is 16.7 Å². The minimum atomic E-state index is -3.69. The summed E-state index contributed by atoms with van der Waals surface area (Å²) < 4.78 is 26.7. The topological polar surface area (TPSA) is 83.5 Å². The molecule has 19 heavy (non-hydrogen) atoms. The molecule has 5 nitrogen and oxygen atoms in total. The van der Waals surface area contributed by atoms with Crippen LogP contribution in [0.4, 0.5) is 5.69 Å². The second kappa shape index (κ2) is 5.20. The third-order valence-electron chi connectivity index (χ3n) is 2.20. The predicted molar refractivity (Wildman–Crippen MR) is 73.5 cm³/mol. The second-order valence-electron chi connectivity index (χ2n) is 3.55. The molecule has 0 aliphatic rings. The van der Waals surface area contributed by atoms with E-state index in [2.05, 4.69) is 4.72 Å². The predicted octanol–water partition coefficient (Wildman–Crippen LogP) is 2.90. The maximum atomic E-state index is 12.0. The summed E-state index contributed by atoms with van der Waals surface area (Å²) in [7, 11) is -3.69. The molecule has 0 atom stereocenters. The molecule has 0 fully saturated rings. The number of rotatable bonds is 4. The number of benzene rings is 1. The monoisotopic (exact) mass is 317 g/mol. The van der Waals surface area contributed by atoms with Gasteiger partial charge in [0.05, 0.1) is 9.90 Å². The van der Waals surface area contributed by atoms with Gasteiger partial charge in [-0.15, -0.1) is 11.3 Å². The largest absolute Gasteiger partial charge is 0.478 e. The number of carboxylic acid groups (broad SMARTS) is 1. The van der Waals surface area contributed by atoms with E-state index in [0.717, 1.165) is 11.3 Å². The van der Waals surface area contributed by atoms with E-state index in [-0.39, 0.29) is 15.5 Å². The van der Waals surface area contributed by atoms with Crippen LogP contribution in [0.2, 0.25) is 4.34 Å². The average Bonchev–Trinajstić information content (AvgIpc) is 2.77. The van der Waals surface area contributed by atoms with Crippen LogP contribution in [0.15, 0.2) is 40.6 Å². The number of halogens is 1. The van der Waals surface area contributed by atoms with Gasteiger partial charge in [-0.1, -0.05) is 11.6 Å². The van der Waals surface area contributed by atoms with Crippen molar-refractivity contribution in [3.63, 3.8) is 0 Å². The fourth-order valence-corrected chi connectivity index (χ4v) is 3.87. The molecular formula is C11H8ClNO4S2. The van der Waals surface area contributed by atoms with Crippen LogP contribution in [0.3, 0.4) is 0 Å². The van der Waals surface area contributed by atoms with Crippen LogP contribution in [0, 0.1) is 0 Å². The summed E-state index contributed by atoms with van der Waals surface area (Å²) in [6.45, 7) is 0. The summed E-state index contributed by atoms with van der Waals surface area (Å²) in [5.41, 5.74) is 0.372. The highest BCUT2D eigenvalue weighted by Gasteiger charge is 2.16. The number of nitrogens with one attached hydrogen (secondary N) is 1. The van der Waals surface area contributed by atoms with Crippen LogP contribution in [0.1, 0.15) is 10.4 Å². The van der Waals surface area contributed by atoms with Gasteiger partial charge in [0.25, 0.3) is 10.0 Å². The molecule has 1 heterocycles. The van der Waals surface area contributed by atoms with E-state index >= 15 is 0 Å². The van der Waals surface area contributed by atoms with Crippen molar-refractivity contribution in [1.29, 1.82) is 0 Å². The fraction of sp³-hybridized carbons (Fsp3) is 0. The summed E-state index contributed by atoms with van der Waals surface area (Å²) in [4.78, 5) is 10.7. The molecule has 1 aromatic carbocycles. The third kappa shape index (κ3) is 3.25.